The molecule has 0 aliphatic carbocycles. The van der Waals surface area contributed by atoms with Gasteiger partial charge >= 0.3 is 0 Å². The minimum atomic E-state index is -0.585. The van der Waals surface area contributed by atoms with E-state index < -0.39 is 6.04 Å². The molecule has 3 nitrogen and oxygen atoms in total. The number of nitrogens with two attached hydrogens (primary N) is 1. The molecule has 6 heteroatoms. The van der Waals surface area contributed by atoms with Crippen molar-refractivity contribution in [3.05, 3.63) is 63.1 Å². The summed E-state index contributed by atoms with van der Waals surface area (Å²) in [5.74, 6) is -0.154. The largest absolute Gasteiger partial charge is 0.318 e. The zero-order chi connectivity index (χ0) is 15.1. The molecule has 2 unspecified atom stereocenters. The van der Waals surface area contributed by atoms with E-state index in [1.807, 2.05) is 18.2 Å². The summed E-state index contributed by atoms with van der Waals surface area (Å²) in [6.07, 6.45) is 0. The topological polar surface area (TPSA) is 46.3 Å². The second-order valence-electron chi connectivity index (χ2n) is 4.83. The van der Waals surface area contributed by atoms with Gasteiger partial charge < -0.3 is 10.6 Å². The predicted molar refractivity (Wildman–Crippen MR) is 86.1 cm³/mol. The van der Waals surface area contributed by atoms with Crippen molar-refractivity contribution in [3.63, 3.8) is 0 Å². The molecule has 2 aromatic carbocycles. The first-order chi connectivity index (χ1) is 9.99. The lowest BCUT2D eigenvalue weighted by Gasteiger charge is -2.45. The predicted octanol–water partition coefficient (Wildman–Crippen LogP) is 4.06. The van der Waals surface area contributed by atoms with Crippen LogP contribution in [0.5, 0.6) is 0 Å². The van der Waals surface area contributed by atoms with E-state index in [1.54, 1.807) is 29.2 Å². The van der Waals surface area contributed by atoms with Crippen molar-refractivity contribution in [2.75, 3.05) is 4.90 Å². The Balaban J connectivity index is 2.00. The van der Waals surface area contributed by atoms with Crippen molar-refractivity contribution in [3.8, 4) is 0 Å². The van der Waals surface area contributed by atoms with E-state index in [0.717, 1.165) is 5.56 Å². The first kappa shape index (κ1) is 14.7. The molecule has 0 radical (unpaired) electrons. The number of anilines is 1. The Morgan fingerprint density at radius 2 is 1.76 bits per heavy atom. The average molecular weight is 342 g/mol. The Hall–Kier alpha value is -1.26. The Morgan fingerprint density at radius 1 is 1.00 bits per heavy atom. The fraction of sp³-hybridized carbons (Fsp3) is 0.133. The third-order valence-electron chi connectivity index (χ3n) is 3.51. The molecule has 2 atom stereocenters. The standard InChI is InChI=1S/C15H11Cl3N2O/c16-9-3-1-2-8(6-9)14-13(19)15(21)20(14)10-4-5-11(17)12(18)7-10/h1-7,13-14H,19H2. The maximum Gasteiger partial charge on any atom is 0.247 e. The number of hydrogen-bond acceptors (Lipinski definition) is 2. The van der Waals surface area contributed by atoms with Crippen molar-refractivity contribution in [1.29, 1.82) is 0 Å². The number of benzene rings is 2. The number of halogens is 3. The van der Waals surface area contributed by atoms with Crippen LogP contribution in [0.15, 0.2) is 42.5 Å². The summed E-state index contributed by atoms with van der Waals surface area (Å²) in [5.41, 5.74) is 7.51. The summed E-state index contributed by atoms with van der Waals surface area (Å²) in [7, 11) is 0. The fourth-order valence-electron chi connectivity index (χ4n) is 2.48. The maximum absolute atomic E-state index is 12.1. The van der Waals surface area contributed by atoms with Gasteiger partial charge in [-0.15, -0.1) is 0 Å². The van der Waals surface area contributed by atoms with E-state index in [0.29, 0.717) is 20.8 Å². The number of nitrogens with zero attached hydrogens (tertiary/aromatic N) is 1. The van der Waals surface area contributed by atoms with Crippen molar-refractivity contribution in [2.24, 2.45) is 5.73 Å². The van der Waals surface area contributed by atoms with Gasteiger partial charge in [-0.3, -0.25) is 4.79 Å². The van der Waals surface area contributed by atoms with Gasteiger partial charge in [-0.1, -0.05) is 46.9 Å². The second-order valence-corrected chi connectivity index (χ2v) is 6.08. The van der Waals surface area contributed by atoms with E-state index >= 15 is 0 Å². The molecule has 21 heavy (non-hydrogen) atoms. The third-order valence-corrected chi connectivity index (χ3v) is 4.49. The lowest BCUT2D eigenvalue weighted by Crippen LogP contribution is -2.63. The summed E-state index contributed by atoms with van der Waals surface area (Å²) >= 11 is 17.9. The van der Waals surface area contributed by atoms with Gasteiger partial charge in [0.05, 0.1) is 16.1 Å². The van der Waals surface area contributed by atoms with Crippen molar-refractivity contribution in [1.82, 2.24) is 0 Å². The minimum absolute atomic E-state index is 0.154. The zero-order valence-electron chi connectivity index (χ0n) is 10.8. The molecule has 0 spiro atoms. The van der Waals surface area contributed by atoms with Gasteiger partial charge in [-0.25, -0.2) is 0 Å². The maximum atomic E-state index is 12.1. The summed E-state index contributed by atoms with van der Waals surface area (Å²) < 4.78 is 0. The quantitative estimate of drug-likeness (QED) is 0.837. The van der Waals surface area contributed by atoms with Crippen LogP contribution in [0.2, 0.25) is 15.1 Å². The Labute approximate surface area is 137 Å². The molecule has 1 amide bonds. The van der Waals surface area contributed by atoms with E-state index in [9.17, 15) is 4.79 Å². The van der Waals surface area contributed by atoms with Crippen LogP contribution < -0.4 is 10.6 Å². The van der Waals surface area contributed by atoms with Gasteiger partial charge in [0.15, 0.2) is 0 Å². The highest BCUT2D eigenvalue weighted by Crippen LogP contribution is 2.40. The smallest absolute Gasteiger partial charge is 0.247 e. The number of β-lactam (4-membered cyclic amide) rings is 1. The lowest BCUT2D eigenvalue weighted by molar-refractivity contribution is -0.126. The van der Waals surface area contributed by atoms with Crippen LogP contribution in [-0.4, -0.2) is 11.9 Å². The van der Waals surface area contributed by atoms with Crippen LogP contribution in [0.25, 0.3) is 0 Å². The van der Waals surface area contributed by atoms with Gasteiger partial charge in [-0.05, 0) is 35.9 Å². The molecule has 1 fully saturated rings. The number of rotatable bonds is 2. The molecule has 1 saturated heterocycles. The molecule has 2 aromatic rings. The molecule has 3 rings (SSSR count). The molecular weight excluding hydrogens is 331 g/mol. The second kappa shape index (κ2) is 5.50. The van der Waals surface area contributed by atoms with Crippen LogP contribution in [0, 0.1) is 0 Å². The highest BCUT2D eigenvalue weighted by Gasteiger charge is 2.46. The number of carbonyl (C=O) groups excluding carboxylic acids is 1. The van der Waals surface area contributed by atoms with Crippen LogP contribution in [0.3, 0.4) is 0 Å². The molecular formula is C15H11Cl3N2O. The first-order valence-corrected chi connectivity index (χ1v) is 7.41. The normalized spacial score (nSPS) is 21.3. The molecule has 1 aliphatic rings. The summed E-state index contributed by atoms with van der Waals surface area (Å²) in [6, 6.07) is 11.5. The van der Waals surface area contributed by atoms with Crippen molar-refractivity contribution < 1.29 is 4.79 Å². The lowest BCUT2D eigenvalue weighted by atomic mass is 9.88. The SMILES string of the molecule is NC1C(=O)N(c2ccc(Cl)c(Cl)c2)C1c1cccc(Cl)c1. The molecule has 0 bridgehead atoms. The van der Waals surface area contributed by atoms with Crippen molar-refractivity contribution >= 4 is 46.4 Å². The van der Waals surface area contributed by atoms with E-state index in [4.69, 9.17) is 40.5 Å². The molecule has 0 aromatic heterocycles. The minimum Gasteiger partial charge on any atom is -0.318 e. The van der Waals surface area contributed by atoms with Crippen LogP contribution in [-0.2, 0) is 4.79 Å². The molecule has 0 saturated carbocycles. The average Bonchev–Trinajstić information content (AvgIpc) is 2.46. The van der Waals surface area contributed by atoms with Gasteiger partial charge in [0.2, 0.25) is 5.91 Å². The number of carbonyl (C=O) groups is 1. The molecule has 2 N–H and O–H groups in total. The van der Waals surface area contributed by atoms with Gasteiger partial charge in [0.25, 0.3) is 0 Å². The molecule has 1 heterocycles. The zero-order valence-corrected chi connectivity index (χ0v) is 13.0. The monoisotopic (exact) mass is 340 g/mol. The summed E-state index contributed by atoms with van der Waals surface area (Å²) in [6.45, 7) is 0. The molecule has 1 aliphatic heterocycles. The van der Waals surface area contributed by atoms with Crippen LogP contribution in [0.1, 0.15) is 11.6 Å². The van der Waals surface area contributed by atoms with Crippen LogP contribution >= 0.6 is 34.8 Å². The van der Waals surface area contributed by atoms with Crippen LogP contribution in [0.4, 0.5) is 5.69 Å². The van der Waals surface area contributed by atoms with Gasteiger partial charge in [0.1, 0.15) is 6.04 Å². The number of hydrogen-bond donors (Lipinski definition) is 1. The Bertz CT molecular complexity index is 720. The van der Waals surface area contributed by atoms with Gasteiger partial charge in [0, 0.05) is 10.7 Å². The number of amides is 1. The Kier molecular flexibility index (Phi) is 3.84. The van der Waals surface area contributed by atoms with E-state index in [-0.39, 0.29) is 11.9 Å². The molecule has 108 valence electrons. The highest BCUT2D eigenvalue weighted by molar-refractivity contribution is 6.42. The highest BCUT2D eigenvalue weighted by atomic mass is 35.5. The summed E-state index contributed by atoms with van der Waals surface area (Å²) in [4.78, 5) is 13.7. The van der Waals surface area contributed by atoms with E-state index in [1.165, 1.54) is 0 Å². The third kappa shape index (κ3) is 2.51. The van der Waals surface area contributed by atoms with Crippen molar-refractivity contribution in [2.45, 2.75) is 12.1 Å². The summed E-state index contributed by atoms with van der Waals surface area (Å²) in [5, 5.41) is 1.44. The first-order valence-electron chi connectivity index (χ1n) is 6.28. The Morgan fingerprint density at radius 3 is 2.43 bits per heavy atom. The van der Waals surface area contributed by atoms with E-state index in [2.05, 4.69) is 0 Å². The fourth-order valence-corrected chi connectivity index (χ4v) is 2.97. The van der Waals surface area contributed by atoms with Gasteiger partial charge in [-0.2, -0.15) is 0 Å².